The van der Waals surface area contributed by atoms with Crippen molar-refractivity contribution in [1.82, 2.24) is 4.31 Å². The van der Waals surface area contributed by atoms with E-state index in [9.17, 15) is 18.3 Å². The summed E-state index contributed by atoms with van der Waals surface area (Å²) < 4.78 is 26.1. The standard InChI is InChI=1S/C14H20N2O4S/c1-13(2,3)16(12(17)18)21(19,20)14(9-10-14)15-11-7-5-4-6-8-11/h4-8,15H,9-10H2,1-3H3,(H,17,18). The second-order valence-corrected chi connectivity index (χ2v) is 8.30. The van der Waals surface area contributed by atoms with Crippen LogP contribution in [0.3, 0.4) is 0 Å². The molecule has 1 aliphatic carbocycles. The van der Waals surface area contributed by atoms with Gasteiger partial charge in [-0.25, -0.2) is 13.2 Å². The molecule has 0 spiro atoms. The van der Waals surface area contributed by atoms with Crippen LogP contribution in [0.2, 0.25) is 0 Å². The summed E-state index contributed by atoms with van der Waals surface area (Å²) in [6.07, 6.45) is -0.669. The predicted octanol–water partition coefficient (Wildman–Crippen LogP) is 2.70. The first-order chi connectivity index (χ1) is 9.60. The van der Waals surface area contributed by atoms with Crippen LogP contribution in [0, 0.1) is 0 Å². The minimum atomic E-state index is -4.02. The number of nitrogens with one attached hydrogen (secondary N) is 1. The van der Waals surface area contributed by atoms with Crippen LogP contribution in [0.25, 0.3) is 0 Å². The molecule has 1 aromatic carbocycles. The molecule has 0 aromatic heterocycles. The minimum Gasteiger partial charge on any atom is -0.464 e. The third-order valence-electron chi connectivity index (χ3n) is 3.37. The van der Waals surface area contributed by atoms with Crippen molar-refractivity contribution in [2.24, 2.45) is 0 Å². The monoisotopic (exact) mass is 312 g/mol. The molecule has 1 amide bonds. The van der Waals surface area contributed by atoms with E-state index >= 15 is 0 Å². The number of carboxylic acid groups (broad SMARTS) is 1. The molecular weight excluding hydrogens is 292 g/mol. The van der Waals surface area contributed by atoms with Crippen LogP contribution in [0.15, 0.2) is 30.3 Å². The molecule has 7 heteroatoms. The van der Waals surface area contributed by atoms with Gasteiger partial charge in [0, 0.05) is 5.69 Å². The zero-order valence-electron chi connectivity index (χ0n) is 12.3. The Morgan fingerprint density at radius 3 is 2.14 bits per heavy atom. The van der Waals surface area contributed by atoms with Crippen molar-refractivity contribution >= 4 is 21.8 Å². The summed E-state index contributed by atoms with van der Waals surface area (Å²) in [5.41, 5.74) is -0.364. The van der Waals surface area contributed by atoms with Crippen molar-refractivity contribution in [2.45, 2.75) is 44.0 Å². The van der Waals surface area contributed by atoms with Gasteiger partial charge in [-0.2, -0.15) is 4.31 Å². The molecule has 0 unspecified atom stereocenters. The Kier molecular flexibility index (Phi) is 3.65. The molecule has 0 atom stereocenters. The fraction of sp³-hybridized carbons (Fsp3) is 0.500. The molecule has 1 saturated carbocycles. The van der Waals surface area contributed by atoms with E-state index in [1.807, 2.05) is 6.07 Å². The minimum absolute atomic E-state index is 0.393. The number of rotatable bonds is 4. The first kappa shape index (κ1) is 15.6. The lowest BCUT2D eigenvalue weighted by Gasteiger charge is -2.35. The molecule has 1 aliphatic rings. The molecule has 116 valence electrons. The van der Waals surface area contributed by atoms with Gasteiger partial charge in [0.2, 0.25) is 0 Å². The summed E-state index contributed by atoms with van der Waals surface area (Å²) in [6.45, 7) is 4.70. The molecule has 2 N–H and O–H groups in total. The Balaban J connectivity index is 2.36. The van der Waals surface area contributed by atoms with Gasteiger partial charge in [0.15, 0.2) is 4.87 Å². The van der Waals surface area contributed by atoms with E-state index in [-0.39, 0.29) is 0 Å². The predicted molar refractivity (Wildman–Crippen MR) is 80.6 cm³/mol. The van der Waals surface area contributed by atoms with Crippen molar-refractivity contribution in [3.8, 4) is 0 Å². The topological polar surface area (TPSA) is 86.7 Å². The maximum atomic E-state index is 12.8. The average molecular weight is 312 g/mol. The molecule has 0 radical (unpaired) electrons. The first-order valence-electron chi connectivity index (χ1n) is 6.71. The highest BCUT2D eigenvalue weighted by atomic mass is 32.2. The molecular formula is C14H20N2O4S. The summed E-state index contributed by atoms with van der Waals surface area (Å²) in [4.78, 5) is 10.2. The second kappa shape index (κ2) is 4.91. The van der Waals surface area contributed by atoms with Crippen LogP contribution < -0.4 is 5.32 Å². The number of sulfonamides is 1. The number of amides is 1. The van der Waals surface area contributed by atoms with E-state index in [1.54, 1.807) is 45.0 Å². The van der Waals surface area contributed by atoms with E-state index in [4.69, 9.17) is 0 Å². The molecule has 1 fully saturated rings. The van der Waals surface area contributed by atoms with Crippen molar-refractivity contribution in [3.63, 3.8) is 0 Å². The van der Waals surface area contributed by atoms with Gasteiger partial charge >= 0.3 is 6.09 Å². The lowest BCUT2D eigenvalue weighted by Crippen LogP contribution is -2.54. The van der Waals surface area contributed by atoms with Crippen LogP contribution in [0.5, 0.6) is 0 Å². The largest absolute Gasteiger partial charge is 0.464 e. The second-order valence-electron chi connectivity index (χ2n) is 6.21. The van der Waals surface area contributed by atoms with Crippen molar-refractivity contribution in [3.05, 3.63) is 30.3 Å². The van der Waals surface area contributed by atoms with E-state index < -0.39 is 26.5 Å². The average Bonchev–Trinajstić information content (AvgIpc) is 3.08. The normalized spacial score (nSPS) is 17.1. The van der Waals surface area contributed by atoms with Crippen molar-refractivity contribution in [1.29, 1.82) is 0 Å². The highest BCUT2D eigenvalue weighted by molar-refractivity contribution is 7.91. The summed E-state index contributed by atoms with van der Waals surface area (Å²) in [7, 11) is -4.02. The van der Waals surface area contributed by atoms with E-state index in [2.05, 4.69) is 5.32 Å². The highest BCUT2D eigenvalue weighted by Crippen LogP contribution is 2.46. The van der Waals surface area contributed by atoms with Gasteiger partial charge in [0.25, 0.3) is 10.0 Å². The zero-order valence-corrected chi connectivity index (χ0v) is 13.1. The smallest absolute Gasteiger partial charge is 0.421 e. The molecule has 2 rings (SSSR count). The van der Waals surface area contributed by atoms with Crippen LogP contribution >= 0.6 is 0 Å². The van der Waals surface area contributed by atoms with Gasteiger partial charge in [-0.1, -0.05) is 18.2 Å². The molecule has 6 nitrogen and oxygen atoms in total. The Bertz CT molecular complexity index is 631. The van der Waals surface area contributed by atoms with Gasteiger partial charge in [-0.05, 0) is 45.7 Å². The lowest BCUT2D eigenvalue weighted by atomic mass is 10.1. The Morgan fingerprint density at radius 1 is 1.24 bits per heavy atom. The summed E-state index contributed by atoms with van der Waals surface area (Å²) in [6, 6.07) is 8.95. The number of carbonyl (C=O) groups is 1. The van der Waals surface area contributed by atoms with Crippen molar-refractivity contribution < 1.29 is 18.3 Å². The lowest BCUT2D eigenvalue weighted by molar-refractivity contribution is 0.145. The Hall–Kier alpha value is -1.76. The fourth-order valence-corrected chi connectivity index (χ4v) is 4.41. The number of hydrogen-bond donors (Lipinski definition) is 2. The number of nitrogens with zero attached hydrogens (tertiary/aromatic N) is 1. The first-order valence-corrected chi connectivity index (χ1v) is 8.15. The van der Waals surface area contributed by atoms with E-state index in [1.165, 1.54) is 0 Å². The summed E-state index contributed by atoms with van der Waals surface area (Å²) in [5, 5.41) is 12.3. The van der Waals surface area contributed by atoms with Crippen LogP contribution in [0.1, 0.15) is 33.6 Å². The molecule has 21 heavy (non-hydrogen) atoms. The fourth-order valence-electron chi connectivity index (χ4n) is 2.27. The molecule has 0 aliphatic heterocycles. The summed E-state index contributed by atoms with van der Waals surface area (Å²) >= 11 is 0. The molecule has 0 heterocycles. The number of hydrogen-bond acceptors (Lipinski definition) is 4. The third-order valence-corrected chi connectivity index (χ3v) is 6.05. The van der Waals surface area contributed by atoms with Gasteiger partial charge in [-0.3, -0.25) is 0 Å². The Morgan fingerprint density at radius 2 is 1.76 bits per heavy atom. The van der Waals surface area contributed by atoms with Gasteiger partial charge < -0.3 is 10.4 Å². The third kappa shape index (κ3) is 2.83. The van der Waals surface area contributed by atoms with Gasteiger partial charge in [-0.15, -0.1) is 0 Å². The number of benzene rings is 1. The molecule has 0 bridgehead atoms. The zero-order chi connectivity index (χ0) is 15.9. The Labute approximate surface area is 124 Å². The van der Waals surface area contributed by atoms with Crippen LogP contribution in [0.4, 0.5) is 10.5 Å². The molecule has 1 aromatic rings. The van der Waals surface area contributed by atoms with Crippen LogP contribution in [-0.2, 0) is 10.0 Å². The van der Waals surface area contributed by atoms with Gasteiger partial charge in [0.05, 0.1) is 5.54 Å². The molecule has 0 saturated heterocycles. The number of para-hydroxylation sites is 1. The SMILES string of the molecule is CC(C)(C)N(C(=O)O)S(=O)(=O)C1(Nc2ccccc2)CC1. The van der Waals surface area contributed by atoms with E-state index in [0.717, 1.165) is 0 Å². The van der Waals surface area contributed by atoms with Gasteiger partial charge in [0.1, 0.15) is 0 Å². The quantitative estimate of drug-likeness (QED) is 0.892. The number of anilines is 1. The maximum Gasteiger partial charge on any atom is 0.421 e. The van der Waals surface area contributed by atoms with Crippen LogP contribution in [-0.4, -0.2) is 34.3 Å². The summed E-state index contributed by atoms with van der Waals surface area (Å²) in [5.74, 6) is 0. The van der Waals surface area contributed by atoms with Crippen molar-refractivity contribution in [2.75, 3.05) is 5.32 Å². The van der Waals surface area contributed by atoms with E-state index in [0.29, 0.717) is 22.8 Å². The maximum absolute atomic E-state index is 12.8. The highest BCUT2D eigenvalue weighted by Gasteiger charge is 2.60.